The fourth-order valence-electron chi connectivity index (χ4n) is 2.23. The highest BCUT2D eigenvalue weighted by molar-refractivity contribution is 5.86. The molecule has 1 aliphatic rings. The van der Waals surface area contributed by atoms with Crippen LogP contribution in [0, 0.1) is 0 Å². The van der Waals surface area contributed by atoms with Crippen LogP contribution in [0.2, 0.25) is 0 Å². The first kappa shape index (κ1) is 12.3. The molecular formula is C16H20N2O. The van der Waals surface area contributed by atoms with E-state index in [2.05, 4.69) is 41.0 Å². The van der Waals surface area contributed by atoms with Gasteiger partial charge in [0.15, 0.2) is 0 Å². The van der Waals surface area contributed by atoms with Gasteiger partial charge in [-0.3, -0.25) is 0 Å². The normalized spacial score (nSPS) is 14.6. The molecule has 0 bridgehead atoms. The Hall–Kier alpha value is -1.74. The van der Waals surface area contributed by atoms with Crippen molar-refractivity contribution in [2.45, 2.75) is 18.9 Å². The molecule has 2 aromatic carbocycles. The van der Waals surface area contributed by atoms with Gasteiger partial charge in [0.05, 0.1) is 7.11 Å². The zero-order valence-electron chi connectivity index (χ0n) is 11.3. The highest BCUT2D eigenvalue weighted by Gasteiger charge is 2.19. The Morgan fingerprint density at radius 3 is 2.63 bits per heavy atom. The van der Waals surface area contributed by atoms with Crippen molar-refractivity contribution in [2.75, 3.05) is 25.5 Å². The molecule has 3 nitrogen and oxygen atoms in total. The van der Waals surface area contributed by atoms with Crippen molar-refractivity contribution in [1.29, 1.82) is 0 Å². The molecule has 19 heavy (non-hydrogen) atoms. The van der Waals surface area contributed by atoms with E-state index in [-0.39, 0.29) is 0 Å². The van der Waals surface area contributed by atoms with Crippen LogP contribution in [0.25, 0.3) is 10.8 Å². The monoisotopic (exact) mass is 256 g/mol. The van der Waals surface area contributed by atoms with Crippen LogP contribution < -0.4 is 15.4 Å². The van der Waals surface area contributed by atoms with E-state index in [4.69, 9.17) is 4.74 Å². The Bertz CT molecular complexity index is 564. The third-order valence-corrected chi connectivity index (χ3v) is 3.51. The average Bonchev–Trinajstić information content (AvgIpc) is 3.27. The number of nitrogens with one attached hydrogen (secondary N) is 2. The van der Waals surface area contributed by atoms with E-state index in [9.17, 15) is 0 Å². The summed E-state index contributed by atoms with van der Waals surface area (Å²) in [6.45, 7) is 2.00. The molecule has 0 spiro atoms. The SMILES string of the molecule is COc1ccc2cc(NCCNC3CC3)ccc2c1. The van der Waals surface area contributed by atoms with E-state index in [1.807, 2.05) is 6.07 Å². The van der Waals surface area contributed by atoms with E-state index >= 15 is 0 Å². The lowest BCUT2D eigenvalue weighted by molar-refractivity contribution is 0.415. The van der Waals surface area contributed by atoms with Gasteiger partial charge in [0.25, 0.3) is 0 Å². The molecule has 0 atom stereocenters. The van der Waals surface area contributed by atoms with Gasteiger partial charge in [-0.2, -0.15) is 0 Å². The third-order valence-electron chi connectivity index (χ3n) is 3.51. The predicted molar refractivity (Wildman–Crippen MR) is 80.0 cm³/mol. The van der Waals surface area contributed by atoms with Crippen molar-refractivity contribution < 1.29 is 4.74 Å². The topological polar surface area (TPSA) is 33.3 Å². The van der Waals surface area contributed by atoms with Crippen molar-refractivity contribution in [3.63, 3.8) is 0 Å². The van der Waals surface area contributed by atoms with Crippen LogP contribution in [0.3, 0.4) is 0 Å². The zero-order valence-corrected chi connectivity index (χ0v) is 11.3. The van der Waals surface area contributed by atoms with E-state index in [1.165, 1.54) is 29.3 Å². The van der Waals surface area contributed by atoms with E-state index < -0.39 is 0 Å². The summed E-state index contributed by atoms with van der Waals surface area (Å²) >= 11 is 0. The second-order valence-electron chi connectivity index (χ2n) is 5.08. The van der Waals surface area contributed by atoms with Gasteiger partial charge in [0.1, 0.15) is 5.75 Å². The van der Waals surface area contributed by atoms with E-state index in [0.29, 0.717) is 0 Å². The van der Waals surface area contributed by atoms with E-state index in [0.717, 1.165) is 24.9 Å². The predicted octanol–water partition coefficient (Wildman–Crippen LogP) is 3.01. The maximum atomic E-state index is 5.24. The number of hydrogen-bond donors (Lipinski definition) is 2. The first-order valence-electron chi connectivity index (χ1n) is 6.90. The Kier molecular flexibility index (Phi) is 3.56. The van der Waals surface area contributed by atoms with Crippen molar-refractivity contribution in [1.82, 2.24) is 5.32 Å². The average molecular weight is 256 g/mol. The molecule has 0 saturated heterocycles. The molecule has 1 fully saturated rings. The largest absolute Gasteiger partial charge is 0.497 e. The lowest BCUT2D eigenvalue weighted by Gasteiger charge is -2.09. The first-order valence-corrected chi connectivity index (χ1v) is 6.90. The number of rotatable bonds is 6. The van der Waals surface area contributed by atoms with Crippen LogP contribution in [0.1, 0.15) is 12.8 Å². The van der Waals surface area contributed by atoms with Crippen LogP contribution in [-0.2, 0) is 0 Å². The highest BCUT2D eigenvalue weighted by atomic mass is 16.5. The zero-order chi connectivity index (χ0) is 13.1. The Morgan fingerprint density at radius 1 is 1.05 bits per heavy atom. The molecule has 0 aliphatic heterocycles. The Balaban J connectivity index is 1.63. The number of hydrogen-bond acceptors (Lipinski definition) is 3. The molecular weight excluding hydrogens is 236 g/mol. The van der Waals surface area contributed by atoms with Gasteiger partial charge < -0.3 is 15.4 Å². The summed E-state index contributed by atoms with van der Waals surface area (Å²) in [6, 6.07) is 13.4. The van der Waals surface area contributed by atoms with Crippen LogP contribution >= 0.6 is 0 Å². The van der Waals surface area contributed by atoms with Gasteiger partial charge >= 0.3 is 0 Å². The lowest BCUT2D eigenvalue weighted by atomic mass is 10.1. The summed E-state index contributed by atoms with van der Waals surface area (Å²) in [5.74, 6) is 0.904. The second kappa shape index (κ2) is 5.49. The van der Waals surface area contributed by atoms with Crippen molar-refractivity contribution in [3.8, 4) is 5.75 Å². The van der Waals surface area contributed by atoms with Gasteiger partial charge in [-0.1, -0.05) is 12.1 Å². The quantitative estimate of drug-likeness (QED) is 0.779. The van der Waals surface area contributed by atoms with Gasteiger partial charge in [-0.25, -0.2) is 0 Å². The van der Waals surface area contributed by atoms with Crippen LogP contribution in [0.15, 0.2) is 36.4 Å². The number of benzene rings is 2. The van der Waals surface area contributed by atoms with Crippen molar-refractivity contribution in [3.05, 3.63) is 36.4 Å². The number of fused-ring (bicyclic) bond motifs is 1. The maximum Gasteiger partial charge on any atom is 0.119 e. The highest BCUT2D eigenvalue weighted by Crippen LogP contribution is 2.23. The molecule has 0 amide bonds. The molecule has 100 valence electrons. The number of anilines is 1. The molecule has 3 rings (SSSR count). The molecule has 1 saturated carbocycles. The minimum Gasteiger partial charge on any atom is -0.497 e. The smallest absolute Gasteiger partial charge is 0.119 e. The van der Waals surface area contributed by atoms with E-state index in [1.54, 1.807) is 7.11 Å². The number of ether oxygens (including phenoxy) is 1. The van der Waals surface area contributed by atoms with Gasteiger partial charge in [0.2, 0.25) is 0 Å². The molecule has 0 radical (unpaired) electrons. The maximum absolute atomic E-state index is 5.24. The van der Waals surface area contributed by atoms with Crippen LogP contribution in [0.4, 0.5) is 5.69 Å². The molecule has 2 N–H and O–H groups in total. The fourth-order valence-corrected chi connectivity index (χ4v) is 2.23. The minimum absolute atomic E-state index is 0.783. The summed E-state index contributed by atoms with van der Waals surface area (Å²) in [7, 11) is 1.70. The lowest BCUT2D eigenvalue weighted by Crippen LogP contribution is -2.23. The van der Waals surface area contributed by atoms with Crippen LogP contribution in [0.5, 0.6) is 5.75 Å². The fraction of sp³-hybridized carbons (Fsp3) is 0.375. The summed E-state index contributed by atoms with van der Waals surface area (Å²) < 4.78 is 5.24. The summed E-state index contributed by atoms with van der Waals surface area (Å²) in [4.78, 5) is 0. The summed E-state index contributed by atoms with van der Waals surface area (Å²) in [6.07, 6.45) is 2.69. The minimum atomic E-state index is 0.783. The second-order valence-corrected chi connectivity index (χ2v) is 5.08. The van der Waals surface area contributed by atoms with Crippen molar-refractivity contribution >= 4 is 16.5 Å². The molecule has 3 heteroatoms. The van der Waals surface area contributed by atoms with Gasteiger partial charge in [-0.15, -0.1) is 0 Å². The Labute approximate surface area is 114 Å². The molecule has 0 heterocycles. The van der Waals surface area contributed by atoms with Gasteiger partial charge in [-0.05, 0) is 47.9 Å². The standard InChI is InChI=1S/C16H20N2O/c1-19-16-7-3-12-10-15(4-2-13(12)11-16)18-9-8-17-14-5-6-14/h2-4,7,10-11,14,17-18H,5-6,8-9H2,1H3. The van der Waals surface area contributed by atoms with Gasteiger partial charge in [0, 0.05) is 24.8 Å². The van der Waals surface area contributed by atoms with Crippen LogP contribution in [-0.4, -0.2) is 26.2 Å². The Morgan fingerprint density at radius 2 is 1.84 bits per heavy atom. The first-order chi connectivity index (χ1) is 9.35. The molecule has 2 aromatic rings. The number of methoxy groups -OCH3 is 1. The molecule has 0 aromatic heterocycles. The summed E-state index contributed by atoms with van der Waals surface area (Å²) in [5.41, 5.74) is 1.18. The summed E-state index contributed by atoms with van der Waals surface area (Å²) in [5, 5.41) is 9.40. The van der Waals surface area contributed by atoms with Crippen molar-refractivity contribution in [2.24, 2.45) is 0 Å². The molecule has 0 unspecified atom stereocenters. The molecule has 1 aliphatic carbocycles. The third kappa shape index (κ3) is 3.18.